The number of benzene rings is 1. The molecule has 0 unspecified atom stereocenters. The van der Waals surface area contributed by atoms with E-state index in [2.05, 4.69) is 10.0 Å². The summed E-state index contributed by atoms with van der Waals surface area (Å²) in [6, 6.07) is 6.85. The molecule has 1 rings (SSSR count). The molecule has 0 radical (unpaired) electrons. The van der Waals surface area contributed by atoms with Gasteiger partial charge < -0.3 is 16.0 Å². The van der Waals surface area contributed by atoms with Crippen LogP contribution in [0.15, 0.2) is 24.3 Å². The number of amides is 2. The molecule has 0 saturated carbocycles. The van der Waals surface area contributed by atoms with Gasteiger partial charge in [-0.15, -0.1) is 0 Å². The van der Waals surface area contributed by atoms with Gasteiger partial charge in [0.1, 0.15) is 0 Å². The van der Waals surface area contributed by atoms with Crippen molar-refractivity contribution in [3.63, 3.8) is 0 Å². The van der Waals surface area contributed by atoms with Crippen LogP contribution < -0.4 is 15.8 Å². The highest BCUT2D eigenvalue weighted by molar-refractivity contribution is 7.88. The summed E-state index contributed by atoms with van der Waals surface area (Å²) in [6.07, 6.45) is 0. The third-order valence-corrected chi connectivity index (χ3v) is 4.10. The molecule has 0 aromatic heterocycles. The zero-order chi connectivity index (χ0) is 15.9. The highest BCUT2D eigenvalue weighted by Gasteiger charge is 2.11. The number of urea groups is 1. The highest BCUT2D eigenvalue weighted by Crippen LogP contribution is 2.07. The summed E-state index contributed by atoms with van der Waals surface area (Å²) in [5.74, 6) is -0.0977. The van der Waals surface area contributed by atoms with E-state index in [1.54, 1.807) is 26.2 Å². The SMILES string of the molecule is CN(C)C(=O)NCCNS(=O)(=O)Cc1ccc(CN)cc1. The van der Waals surface area contributed by atoms with Crippen molar-refractivity contribution in [2.24, 2.45) is 5.73 Å². The maximum Gasteiger partial charge on any atom is 0.316 e. The van der Waals surface area contributed by atoms with Gasteiger partial charge in [-0.2, -0.15) is 0 Å². The van der Waals surface area contributed by atoms with Crippen molar-refractivity contribution < 1.29 is 13.2 Å². The van der Waals surface area contributed by atoms with Crippen molar-refractivity contribution in [2.45, 2.75) is 12.3 Å². The number of nitrogens with two attached hydrogens (primary N) is 1. The molecule has 118 valence electrons. The summed E-state index contributed by atoms with van der Waals surface area (Å²) in [6.45, 7) is 0.821. The van der Waals surface area contributed by atoms with E-state index < -0.39 is 10.0 Å². The van der Waals surface area contributed by atoms with E-state index in [0.29, 0.717) is 12.1 Å². The van der Waals surface area contributed by atoms with Gasteiger partial charge in [0.25, 0.3) is 0 Å². The molecule has 4 N–H and O–H groups in total. The number of hydrogen-bond acceptors (Lipinski definition) is 4. The van der Waals surface area contributed by atoms with Crippen LogP contribution in [0.2, 0.25) is 0 Å². The smallest absolute Gasteiger partial charge is 0.316 e. The molecular weight excluding hydrogens is 292 g/mol. The lowest BCUT2D eigenvalue weighted by molar-refractivity contribution is 0.217. The lowest BCUT2D eigenvalue weighted by Crippen LogP contribution is -2.39. The second-order valence-corrected chi connectivity index (χ2v) is 6.61. The fourth-order valence-electron chi connectivity index (χ4n) is 1.58. The zero-order valence-corrected chi connectivity index (χ0v) is 13.1. The molecule has 0 atom stereocenters. The molecular formula is C13H22N4O3S. The Bertz CT molecular complexity index is 555. The molecule has 0 aliphatic heterocycles. The quantitative estimate of drug-likeness (QED) is 0.608. The Morgan fingerprint density at radius 3 is 2.24 bits per heavy atom. The van der Waals surface area contributed by atoms with Gasteiger partial charge in [0.05, 0.1) is 5.75 Å². The normalized spacial score (nSPS) is 11.2. The van der Waals surface area contributed by atoms with Gasteiger partial charge >= 0.3 is 6.03 Å². The van der Waals surface area contributed by atoms with Crippen LogP contribution in [0.1, 0.15) is 11.1 Å². The Morgan fingerprint density at radius 2 is 1.71 bits per heavy atom. The minimum absolute atomic E-state index is 0.0977. The van der Waals surface area contributed by atoms with Crippen molar-refractivity contribution in [2.75, 3.05) is 27.2 Å². The number of carbonyl (C=O) groups excluding carboxylic acids is 1. The fraction of sp³-hybridized carbons (Fsp3) is 0.462. The fourth-order valence-corrected chi connectivity index (χ4v) is 2.72. The first-order valence-corrected chi connectivity index (χ1v) is 8.19. The van der Waals surface area contributed by atoms with Crippen molar-refractivity contribution in [3.8, 4) is 0 Å². The lowest BCUT2D eigenvalue weighted by atomic mass is 10.1. The Morgan fingerprint density at radius 1 is 1.14 bits per heavy atom. The van der Waals surface area contributed by atoms with Crippen LogP contribution >= 0.6 is 0 Å². The zero-order valence-electron chi connectivity index (χ0n) is 12.3. The number of nitrogens with one attached hydrogen (secondary N) is 2. The first-order valence-electron chi connectivity index (χ1n) is 6.54. The first-order chi connectivity index (χ1) is 9.84. The van der Waals surface area contributed by atoms with Crippen LogP contribution in [0, 0.1) is 0 Å². The van der Waals surface area contributed by atoms with Gasteiger partial charge in [0.15, 0.2) is 0 Å². The summed E-state index contributed by atoms with van der Waals surface area (Å²) < 4.78 is 26.2. The van der Waals surface area contributed by atoms with Gasteiger partial charge in [0.2, 0.25) is 10.0 Å². The standard InChI is InChI=1S/C13H22N4O3S/c1-17(2)13(18)15-7-8-16-21(19,20)10-12-5-3-11(9-14)4-6-12/h3-6,16H,7-10,14H2,1-2H3,(H,15,18). The second-order valence-electron chi connectivity index (χ2n) is 4.80. The molecule has 0 saturated heterocycles. The molecule has 0 aliphatic carbocycles. The molecule has 21 heavy (non-hydrogen) atoms. The average molecular weight is 314 g/mol. The summed E-state index contributed by atoms with van der Waals surface area (Å²) in [5.41, 5.74) is 7.13. The van der Waals surface area contributed by atoms with E-state index in [0.717, 1.165) is 5.56 Å². The lowest BCUT2D eigenvalue weighted by Gasteiger charge is -2.12. The number of carbonyl (C=O) groups is 1. The minimum atomic E-state index is -3.42. The van der Waals surface area contributed by atoms with Crippen molar-refractivity contribution in [3.05, 3.63) is 35.4 Å². The van der Waals surface area contributed by atoms with E-state index in [4.69, 9.17) is 5.73 Å². The summed E-state index contributed by atoms with van der Waals surface area (Å²) in [4.78, 5) is 12.6. The summed E-state index contributed by atoms with van der Waals surface area (Å²) >= 11 is 0. The Kier molecular flexibility index (Phi) is 6.60. The summed E-state index contributed by atoms with van der Waals surface area (Å²) in [7, 11) is -0.187. The third-order valence-electron chi connectivity index (χ3n) is 2.74. The number of nitrogens with zero attached hydrogens (tertiary/aromatic N) is 1. The molecule has 0 fully saturated rings. The summed E-state index contributed by atoms with van der Waals surface area (Å²) in [5, 5.41) is 2.58. The van der Waals surface area contributed by atoms with Gasteiger partial charge in [-0.25, -0.2) is 17.9 Å². The molecule has 2 amide bonds. The molecule has 8 heteroatoms. The Hall–Kier alpha value is -1.64. The van der Waals surface area contributed by atoms with Crippen LogP contribution in [0.25, 0.3) is 0 Å². The van der Waals surface area contributed by atoms with E-state index in [-0.39, 0.29) is 24.9 Å². The van der Waals surface area contributed by atoms with Crippen LogP contribution in [-0.2, 0) is 22.3 Å². The van der Waals surface area contributed by atoms with Crippen LogP contribution in [-0.4, -0.2) is 46.5 Å². The van der Waals surface area contributed by atoms with Crippen molar-refractivity contribution in [1.82, 2.24) is 14.9 Å². The maximum absolute atomic E-state index is 11.9. The monoisotopic (exact) mass is 314 g/mol. The largest absolute Gasteiger partial charge is 0.337 e. The van der Waals surface area contributed by atoms with Crippen molar-refractivity contribution >= 4 is 16.1 Å². The topological polar surface area (TPSA) is 105 Å². The highest BCUT2D eigenvalue weighted by atomic mass is 32.2. The Balaban J connectivity index is 2.41. The number of sulfonamides is 1. The van der Waals surface area contributed by atoms with Crippen LogP contribution in [0.5, 0.6) is 0 Å². The first kappa shape index (κ1) is 17.4. The van der Waals surface area contributed by atoms with E-state index in [9.17, 15) is 13.2 Å². The number of hydrogen-bond donors (Lipinski definition) is 3. The third kappa shape index (κ3) is 6.56. The minimum Gasteiger partial charge on any atom is -0.337 e. The molecule has 0 heterocycles. The van der Waals surface area contributed by atoms with Crippen LogP contribution in [0.3, 0.4) is 0 Å². The second kappa shape index (κ2) is 7.96. The van der Waals surface area contributed by atoms with Gasteiger partial charge in [-0.05, 0) is 11.1 Å². The molecule has 0 aliphatic rings. The van der Waals surface area contributed by atoms with Gasteiger partial charge in [-0.3, -0.25) is 0 Å². The predicted molar refractivity (Wildman–Crippen MR) is 82.0 cm³/mol. The van der Waals surface area contributed by atoms with E-state index >= 15 is 0 Å². The van der Waals surface area contributed by atoms with Crippen molar-refractivity contribution in [1.29, 1.82) is 0 Å². The van der Waals surface area contributed by atoms with E-state index in [1.165, 1.54) is 4.90 Å². The number of rotatable bonds is 7. The maximum atomic E-state index is 11.9. The predicted octanol–water partition coefficient (Wildman–Crippen LogP) is -0.164. The molecule has 1 aromatic rings. The molecule has 0 spiro atoms. The molecule has 1 aromatic carbocycles. The molecule has 0 bridgehead atoms. The van der Waals surface area contributed by atoms with Crippen LogP contribution in [0.4, 0.5) is 4.79 Å². The molecule has 7 nitrogen and oxygen atoms in total. The van der Waals surface area contributed by atoms with Gasteiger partial charge in [0, 0.05) is 33.7 Å². The van der Waals surface area contributed by atoms with Gasteiger partial charge in [-0.1, -0.05) is 24.3 Å². The van der Waals surface area contributed by atoms with E-state index in [1.807, 2.05) is 12.1 Å². The average Bonchev–Trinajstić information content (AvgIpc) is 2.43. The Labute approximate surface area is 125 Å².